The Labute approximate surface area is 139 Å². The van der Waals surface area contributed by atoms with Crippen molar-refractivity contribution in [1.29, 1.82) is 0 Å². The second-order valence-corrected chi connectivity index (χ2v) is 7.25. The maximum atomic E-state index is 13.7. The number of aromatic nitrogens is 1. The van der Waals surface area contributed by atoms with E-state index < -0.39 is 26.8 Å². The van der Waals surface area contributed by atoms with Crippen LogP contribution in [0.1, 0.15) is 11.7 Å². The average Bonchev–Trinajstić information content (AvgIpc) is 2.90. The van der Waals surface area contributed by atoms with E-state index in [1.54, 1.807) is 6.20 Å². The molecule has 0 fully saturated rings. The molecule has 2 aromatic carbocycles. The van der Waals surface area contributed by atoms with E-state index in [1.165, 1.54) is 18.2 Å². The molecule has 3 aromatic rings. The van der Waals surface area contributed by atoms with Crippen LogP contribution in [0.5, 0.6) is 0 Å². The lowest BCUT2D eigenvalue weighted by molar-refractivity contribution is 0.183. The van der Waals surface area contributed by atoms with Crippen molar-refractivity contribution in [2.45, 2.75) is 11.0 Å². The number of fused-ring (bicyclic) bond motifs is 1. The van der Waals surface area contributed by atoms with Crippen LogP contribution in [0.15, 0.2) is 59.6 Å². The number of nitrogens with zero attached hydrogens (tertiary/aromatic N) is 1. The van der Waals surface area contributed by atoms with E-state index in [1.807, 2.05) is 35.9 Å². The number of hydrogen-bond donors (Lipinski definition) is 2. The summed E-state index contributed by atoms with van der Waals surface area (Å²) in [6, 6.07) is 12.6. The predicted molar refractivity (Wildman–Crippen MR) is 89.5 cm³/mol. The molecule has 5 nitrogen and oxygen atoms in total. The highest BCUT2D eigenvalue weighted by molar-refractivity contribution is 7.89. The van der Waals surface area contributed by atoms with Crippen LogP contribution in [0.2, 0.25) is 0 Å². The Morgan fingerprint density at radius 2 is 1.83 bits per heavy atom. The summed E-state index contributed by atoms with van der Waals surface area (Å²) in [5, 5.41) is 11.2. The highest BCUT2D eigenvalue weighted by atomic mass is 32.2. The van der Waals surface area contributed by atoms with Crippen molar-refractivity contribution in [2.75, 3.05) is 6.54 Å². The zero-order chi connectivity index (χ0) is 17.3. The van der Waals surface area contributed by atoms with Gasteiger partial charge in [0.05, 0.1) is 6.10 Å². The van der Waals surface area contributed by atoms with Crippen molar-refractivity contribution in [3.8, 4) is 0 Å². The van der Waals surface area contributed by atoms with E-state index in [4.69, 9.17) is 0 Å². The SMILES string of the molecule is Cn1cc([C@@H](O)CNS(=O)(=O)c2ccccc2F)c2ccccc21. The summed E-state index contributed by atoms with van der Waals surface area (Å²) >= 11 is 0. The van der Waals surface area contributed by atoms with E-state index >= 15 is 0 Å². The zero-order valence-electron chi connectivity index (χ0n) is 13.0. The Bertz CT molecular complexity index is 982. The van der Waals surface area contributed by atoms with Crippen molar-refractivity contribution < 1.29 is 17.9 Å². The molecule has 0 saturated carbocycles. The molecule has 0 unspecified atom stereocenters. The van der Waals surface area contributed by atoms with E-state index in [2.05, 4.69) is 4.72 Å². The minimum Gasteiger partial charge on any atom is -0.387 e. The first-order valence-electron chi connectivity index (χ1n) is 7.36. The van der Waals surface area contributed by atoms with Gasteiger partial charge in [-0.05, 0) is 18.2 Å². The van der Waals surface area contributed by atoms with Gasteiger partial charge in [0.2, 0.25) is 10.0 Å². The molecule has 0 amide bonds. The summed E-state index contributed by atoms with van der Waals surface area (Å²) in [6.07, 6.45) is 0.713. The summed E-state index contributed by atoms with van der Waals surface area (Å²) in [5.74, 6) is -0.829. The van der Waals surface area contributed by atoms with Gasteiger partial charge in [-0.2, -0.15) is 0 Å². The number of rotatable bonds is 5. The van der Waals surface area contributed by atoms with Gasteiger partial charge in [-0.3, -0.25) is 0 Å². The van der Waals surface area contributed by atoms with Gasteiger partial charge in [-0.1, -0.05) is 30.3 Å². The molecule has 0 bridgehead atoms. The van der Waals surface area contributed by atoms with Crippen molar-refractivity contribution in [1.82, 2.24) is 9.29 Å². The summed E-state index contributed by atoms with van der Waals surface area (Å²) < 4.78 is 42.2. The van der Waals surface area contributed by atoms with Crippen LogP contribution >= 0.6 is 0 Å². The van der Waals surface area contributed by atoms with Crippen LogP contribution in [0.3, 0.4) is 0 Å². The number of aliphatic hydroxyl groups excluding tert-OH is 1. The molecule has 3 rings (SSSR count). The molecule has 2 N–H and O–H groups in total. The topological polar surface area (TPSA) is 71.3 Å². The van der Waals surface area contributed by atoms with Crippen LogP contribution in [0, 0.1) is 5.82 Å². The van der Waals surface area contributed by atoms with Crippen molar-refractivity contribution in [2.24, 2.45) is 7.05 Å². The van der Waals surface area contributed by atoms with Gasteiger partial charge in [0.1, 0.15) is 10.7 Å². The maximum Gasteiger partial charge on any atom is 0.243 e. The summed E-state index contributed by atoms with van der Waals surface area (Å²) in [7, 11) is -2.18. The number of sulfonamides is 1. The fourth-order valence-electron chi connectivity index (χ4n) is 2.68. The molecule has 24 heavy (non-hydrogen) atoms. The van der Waals surface area contributed by atoms with Gasteiger partial charge in [0, 0.05) is 36.3 Å². The second-order valence-electron chi connectivity index (χ2n) is 5.51. The highest BCUT2D eigenvalue weighted by Gasteiger charge is 2.21. The Kier molecular flexibility index (Phi) is 4.40. The fraction of sp³-hybridized carbons (Fsp3) is 0.176. The van der Waals surface area contributed by atoms with Crippen LogP contribution in [-0.4, -0.2) is 24.6 Å². The lowest BCUT2D eigenvalue weighted by Gasteiger charge is -2.12. The lowest BCUT2D eigenvalue weighted by Crippen LogP contribution is -2.29. The third kappa shape index (κ3) is 3.06. The number of nitrogens with one attached hydrogen (secondary N) is 1. The molecule has 0 aliphatic carbocycles. The van der Waals surface area contributed by atoms with Gasteiger partial charge in [0.25, 0.3) is 0 Å². The van der Waals surface area contributed by atoms with E-state index in [9.17, 15) is 17.9 Å². The summed E-state index contributed by atoms with van der Waals surface area (Å²) in [6.45, 7) is -0.245. The van der Waals surface area contributed by atoms with Crippen LogP contribution in [0.25, 0.3) is 10.9 Å². The normalized spacial score (nSPS) is 13.3. The minimum atomic E-state index is -4.03. The third-order valence-corrected chi connectivity index (χ3v) is 5.34. The molecule has 0 aliphatic rings. The standard InChI is InChI=1S/C17H17FN2O3S/c1-20-11-13(12-6-2-4-8-15(12)20)16(21)10-19-24(22,23)17-9-5-3-7-14(17)18/h2-9,11,16,19,21H,10H2,1H3/t16-/m0/s1. The quantitative estimate of drug-likeness (QED) is 0.743. The molecule has 1 aromatic heterocycles. The Hall–Kier alpha value is -2.22. The molecular formula is C17H17FN2O3S. The lowest BCUT2D eigenvalue weighted by atomic mass is 10.1. The first-order valence-corrected chi connectivity index (χ1v) is 8.84. The van der Waals surface area contributed by atoms with Gasteiger partial charge in [-0.15, -0.1) is 0 Å². The monoisotopic (exact) mass is 348 g/mol. The number of aryl methyl sites for hydroxylation is 1. The third-order valence-electron chi connectivity index (χ3n) is 3.88. The first-order chi connectivity index (χ1) is 11.4. The van der Waals surface area contributed by atoms with Gasteiger partial charge < -0.3 is 9.67 Å². The maximum absolute atomic E-state index is 13.7. The molecule has 1 heterocycles. The van der Waals surface area contributed by atoms with Crippen LogP contribution < -0.4 is 4.72 Å². The van der Waals surface area contributed by atoms with Crippen LogP contribution in [-0.2, 0) is 17.1 Å². The Morgan fingerprint density at radius 3 is 2.58 bits per heavy atom. The summed E-state index contributed by atoms with van der Waals surface area (Å²) in [4.78, 5) is -0.435. The molecular weight excluding hydrogens is 331 g/mol. The first kappa shape index (κ1) is 16.6. The number of halogens is 1. The number of benzene rings is 2. The largest absolute Gasteiger partial charge is 0.387 e. The fourth-order valence-corrected chi connectivity index (χ4v) is 3.79. The predicted octanol–water partition coefficient (Wildman–Crippen LogP) is 2.33. The van der Waals surface area contributed by atoms with Crippen LogP contribution in [0.4, 0.5) is 4.39 Å². The van der Waals surface area contributed by atoms with E-state index in [0.29, 0.717) is 5.56 Å². The zero-order valence-corrected chi connectivity index (χ0v) is 13.8. The molecule has 1 atom stereocenters. The minimum absolute atomic E-state index is 0.245. The summed E-state index contributed by atoms with van der Waals surface area (Å²) in [5.41, 5.74) is 1.55. The van der Waals surface area contributed by atoms with Gasteiger partial charge >= 0.3 is 0 Å². The number of hydrogen-bond acceptors (Lipinski definition) is 3. The molecule has 0 radical (unpaired) electrons. The Morgan fingerprint density at radius 1 is 1.17 bits per heavy atom. The smallest absolute Gasteiger partial charge is 0.243 e. The van der Waals surface area contributed by atoms with Crippen molar-refractivity contribution in [3.05, 3.63) is 66.1 Å². The van der Waals surface area contributed by atoms with E-state index in [0.717, 1.165) is 17.0 Å². The molecule has 0 saturated heterocycles. The molecule has 7 heteroatoms. The average molecular weight is 348 g/mol. The molecule has 0 aliphatic heterocycles. The van der Waals surface area contributed by atoms with Crippen molar-refractivity contribution in [3.63, 3.8) is 0 Å². The second kappa shape index (κ2) is 6.35. The molecule has 126 valence electrons. The Balaban J connectivity index is 1.82. The molecule has 0 spiro atoms. The highest BCUT2D eigenvalue weighted by Crippen LogP contribution is 2.26. The van der Waals surface area contributed by atoms with Gasteiger partial charge in [0.15, 0.2) is 0 Å². The number of para-hydroxylation sites is 1. The van der Waals surface area contributed by atoms with Crippen molar-refractivity contribution >= 4 is 20.9 Å². The number of aliphatic hydroxyl groups is 1. The van der Waals surface area contributed by atoms with Gasteiger partial charge in [-0.25, -0.2) is 17.5 Å². The van der Waals surface area contributed by atoms with E-state index in [-0.39, 0.29) is 6.54 Å².